The van der Waals surface area contributed by atoms with Crippen molar-refractivity contribution in [1.29, 1.82) is 0 Å². The Morgan fingerprint density at radius 3 is 1.93 bits per heavy atom. The number of halogens is 2. The Morgan fingerprint density at radius 1 is 0.805 bits per heavy atom. The molecule has 3 fully saturated rings. The second kappa shape index (κ2) is 10.9. The molecule has 1 heterocycles. The second-order valence-corrected chi connectivity index (χ2v) is 11.9. The number of rotatable bonds is 7. The molecule has 2 bridgehead atoms. The molecule has 0 spiro atoms. The molecule has 0 aromatic heterocycles. The maximum Gasteiger partial charge on any atom is 0.343 e. The van der Waals surface area contributed by atoms with Gasteiger partial charge in [-0.2, -0.15) is 5.01 Å². The summed E-state index contributed by atoms with van der Waals surface area (Å²) in [4.78, 5) is 66.6. The summed E-state index contributed by atoms with van der Waals surface area (Å²) in [5.74, 6) is -2.94. The number of ether oxygens (including phenoxy) is 1. The molecule has 8 nitrogen and oxygen atoms in total. The first-order valence-corrected chi connectivity index (χ1v) is 14.4. The minimum Gasteiger partial charge on any atom is -0.423 e. The number of benzene rings is 3. The van der Waals surface area contributed by atoms with Gasteiger partial charge in [0, 0.05) is 20.6 Å². The minimum absolute atomic E-state index is 0.127. The number of carbonyl (C=O) groups excluding carboxylic acids is 5. The fourth-order valence-corrected chi connectivity index (χ4v) is 6.68. The summed E-state index contributed by atoms with van der Waals surface area (Å²) >= 11 is 9.31. The highest BCUT2D eigenvalue weighted by molar-refractivity contribution is 9.10. The number of hydrogen-bond donors (Lipinski definition) is 0. The lowest BCUT2D eigenvalue weighted by Gasteiger charge is -2.30. The van der Waals surface area contributed by atoms with Crippen LogP contribution >= 0.6 is 27.5 Å². The third-order valence-corrected chi connectivity index (χ3v) is 9.01. The van der Waals surface area contributed by atoms with E-state index in [0.29, 0.717) is 10.6 Å². The highest BCUT2D eigenvalue weighted by Gasteiger charge is 2.62. The lowest BCUT2D eigenvalue weighted by Crippen LogP contribution is -2.52. The number of fused-ring (bicyclic) bond motifs is 5. The number of amides is 3. The number of carbonyl (C=O) groups is 5. The Morgan fingerprint density at radius 2 is 1.34 bits per heavy atom. The van der Waals surface area contributed by atoms with Crippen LogP contribution < -0.4 is 4.74 Å². The van der Waals surface area contributed by atoms with Gasteiger partial charge in [0.25, 0.3) is 17.7 Å². The van der Waals surface area contributed by atoms with Gasteiger partial charge in [0.15, 0.2) is 5.78 Å². The fourth-order valence-electron chi connectivity index (χ4n) is 6.29. The lowest BCUT2D eigenvalue weighted by molar-refractivity contribution is -0.155. The third kappa shape index (κ3) is 5.08. The van der Waals surface area contributed by atoms with E-state index < -0.39 is 47.9 Å². The number of Topliss-reactive ketones (excluding diaryl/α,β-unsaturated/α-hetero) is 1. The summed E-state index contributed by atoms with van der Waals surface area (Å²) in [6.45, 7) is -0.522. The molecule has 10 heteroatoms. The molecule has 3 amide bonds. The molecule has 2 saturated carbocycles. The minimum atomic E-state index is -0.649. The van der Waals surface area contributed by atoms with Gasteiger partial charge in [0.1, 0.15) is 12.3 Å². The number of ketones is 1. The zero-order chi connectivity index (χ0) is 28.8. The number of hydrogen-bond acceptors (Lipinski definition) is 6. The van der Waals surface area contributed by atoms with Crippen molar-refractivity contribution in [3.8, 4) is 5.75 Å². The molecule has 3 aliphatic rings. The van der Waals surface area contributed by atoms with Crippen LogP contribution in [-0.4, -0.2) is 46.0 Å². The first-order chi connectivity index (χ1) is 19.7. The van der Waals surface area contributed by atoms with Gasteiger partial charge in [0.2, 0.25) is 0 Å². The first-order valence-electron chi connectivity index (χ1n) is 13.3. The van der Waals surface area contributed by atoms with E-state index in [-0.39, 0.29) is 28.7 Å². The van der Waals surface area contributed by atoms with Gasteiger partial charge in [0.05, 0.1) is 17.4 Å². The SMILES string of the molecule is O=C(CN(C(=O)c1ccc(Cl)cc1)N1C(=O)[C@@H]2[C@H]3CC[C@@H](C3)[C@H]2C1=O)c1ccc(OC(=O)c2ccc(Br)cc2)cc1. The maximum atomic E-state index is 13.7. The summed E-state index contributed by atoms with van der Waals surface area (Å²) in [6.07, 6.45) is 2.63. The van der Waals surface area contributed by atoms with E-state index in [2.05, 4.69) is 15.9 Å². The van der Waals surface area contributed by atoms with Crippen molar-refractivity contribution >= 4 is 57.0 Å². The molecule has 208 valence electrons. The summed E-state index contributed by atoms with van der Waals surface area (Å²) in [7, 11) is 0. The van der Waals surface area contributed by atoms with Crippen molar-refractivity contribution in [2.75, 3.05) is 6.54 Å². The smallest absolute Gasteiger partial charge is 0.343 e. The molecule has 41 heavy (non-hydrogen) atoms. The van der Waals surface area contributed by atoms with Crippen molar-refractivity contribution in [2.24, 2.45) is 23.7 Å². The molecule has 0 radical (unpaired) electrons. The van der Waals surface area contributed by atoms with Crippen LogP contribution in [0.4, 0.5) is 0 Å². The maximum absolute atomic E-state index is 13.7. The van der Waals surface area contributed by atoms with Crippen molar-refractivity contribution in [3.63, 3.8) is 0 Å². The Kier molecular flexibility index (Phi) is 7.25. The van der Waals surface area contributed by atoms with Crippen LogP contribution in [0.2, 0.25) is 5.02 Å². The van der Waals surface area contributed by atoms with Crippen molar-refractivity contribution in [1.82, 2.24) is 10.0 Å². The number of hydrazine groups is 1. The highest BCUT2D eigenvalue weighted by atomic mass is 79.9. The molecule has 0 unspecified atom stereocenters. The molecule has 6 rings (SSSR count). The van der Waals surface area contributed by atoms with Crippen LogP contribution in [0.15, 0.2) is 77.3 Å². The standard InChI is InChI=1S/C31H24BrClN2O6/c32-22-9-3-19(4-10-22)31(40)41-24-13-7-17(8-14-24)25(36)16-34(28(37)18-5-11-23(33)12-6-18)35-29(38)26-20-1-2-21(15-20)27(26)30(35)39/h3-14,20-21,26-27H,1-2,15-16H2/t20-,21-,26+,27+/m0/s1. The van der Waals surface area contributed by atoms with Crippen LogP contribution in [0.25, 0.3) is 0 Å². The Bertz CT molecular complexity index is 1530. The van der Waals surface area contributed by atoms with Gasteiger partial charge in [-0.3, -0.25) is 19.2 Å². The molecule has 3 aromatic rings. The Labute approximate surface area is 249 Å². The van der Waals surface area contributed by atoms with Crippen molar-refractivity contribution in [2.45, 2.75) is 19.3 Å². The zero-order valence-electron chi connectivity index (χ0n) is 21.7. The normalized spacial score (nSPS) is 22.5. The third-order valence-electron chi connectivity index (χ3n) is 8.23. The van der Waals surface area contributed by atoms with E-state index in [9.17, 15) is 24.0 Å². The molecule has 4 atom stereocenters. The van der Waals surface area contributed by atoms with Gasteiger partial charge in [-0.25, -0.2) is 9.80 Å². The summed E-state index contributed by atoms with van der Waals surface area (Å²) in [6, 6.07) is 18.6. The van der Waals surface area contributed by atoms with Crippen LogP contribution in [0, 0.1) is 23.7 Å². The average Bonchev–Trinajstić information content (AvgIpc) is 3.66. The Balaban J connectivity index is 1.23. The molecule has 1 aliphatic heterocycles. The topological polar surface area (TPSA) is 101 Å². The molecular formula is C31H24BrClN2O6. The van der Waals surface area contributed by atoms with E-state index in [1.54, 1.807) is 24.3 Å². The average molecular weight is 636 g/mol. The predicted octanol–water partition coefficient (Wildman–Crippen LogP) is 5.59. The van der Waals surface area contributed by atoms with Crippen molar-refractivity contribution < 1.29 is 28.7 Å². The quantitative estimate of drug-likeness (QED) is 0.145. The Hall–Kier alpha value is -3.82. The van der Waals surface area contributed by atoms with Crippen LogP contribution in [0.5, 0.6) is 5.75 Å². The summed E-state index contributed by atoms with van der Waals surface area (Å²) in [5.41, 5.74) is 0.780. The van der Waals surface area contributed by atoms with Gasteiger partial charge in [-0.05, 0) is 104 Å². The molecular weight excluding hydrogens is 612 g/mol. The largest absolute Gasteiger partial charge is 0.423 e. The lowest BCUT2D eigenvalue weighted by atomic mass is 9.81. The molecule has 1 saturated heterocycles. The second-order valence-electron chi connectivity index (χ2n) is 10.6. The summed E-state index contributed by atoms with van der Waals surface area (Å²) < 4.78 is 6.23. The van der Waals surface area contributed by atoms with Gasteiger partial charge in [-0.1, -0.05) is 27.5 Å². The predicted molar refractivity (Wildman–Crippen MR) is 152 cm³/mol. The number of imide groups is 1. The van der Waals surface area contributed by atoms with Crippen LogP contribution in [0.3, 0.4) is 0 Å². The zero-order valence-corrected chi connectivity index (χ0v) is 24.0. The highest BCUT2D eigenvalue weighted by Crippen LogP contribution is 2.56. The summed E-state index contributed by atoms with van der Waals surface area (Å²) in [5, 5.41) is 2.29. The number of nitrogens with zero attached hydrogens (tertiary/aromatic N) is 2. The van der Waals surface area contributed by atoms with E-state index in [1.807, 2.05) is 0 Å². The van der Waals surface area contributed by atoms with Gasteiger partial charge < -0.3 is 4.74 Å². The van der Waals surface area contributed by atoms with E-state index in [1.165, 1.54) is 48.5 Å². The molecule has 2 aliphatic carbocycles. The monoisotopic (exact) mass is 634 g/mol. The first kappa shape index (κ1) is 27.4. The number of esters is 1. The van der Waals surface area contributed by atoms with Crippen LogP contribution in [-0.2, 0) is 9.59 Å². The van der Waals surface area contributed by atoms with E-state index >= 15 is 0 Å². The van der Waals surface area contributed by atoms with Crippen LogP contribution in [0.1, 0.15) is 50.3 Å². The fraction of sp³-hybridized carbons (Fsp3) is 0.258. The van der Waals surface area contributed by atoms with Gasteiger partial charge >= 0.3 is 5.97 Å². The molecule has 3 aromatic carbocycles. The van der Waals surface area contributed by atoms with Crippen molar-refractivity contribution in [3.05, 3.63) is 99.0 Å². The van der Waals surface area contributed by atoms with Gasteiger partial charge in [-0.15, -0.1) is 0 Å². The van der Waals surface area contributed by atoms with E-state index in [4.69, 9.17) is 16.3 Å². The molecule has 0 N–H and O–H groups in total. The van der Waals surface area contributed by atoms with E-state index in [0.717, 1.165) is 33.8 Å².